The summed E-state index contributed by atoms with van der Waals surface area (Å²) in [7, 11) is 1.60. The SMILES string of the molecule is C#CCOC1=C(c2ccc(C#CC)cc2OC)C(=O)C2CCC1C2. The Bertz CT molecular complexity index is 799. The predicted molar refractivity (Wildman–Crippen MR) is 93.1 cm³/mol. The summed E-state index contributed by atoms with van der Waals surface area (Å²) >= 11 is 0. The van der Waals surface area contributed by atoms with Crippen LogP contribution in [0.3, 0.4) is 0 Å². The third-order valence-corrected chi connectivity index (χ3v) is 4.72. The highest BCUT2D eigenvalue weighted by Gasteiger charge is 2.42. The number of terminal acetylenes is 1. The molecule has 24 heavy (non-hydrogen) atoms. The zero-order valence-electron chi connectivity index (χ0n) is 14.0. The van der Waals surface area contributed by atoms with Gasteiger partial charge in [0, 0.05) is 23.0 Å². The molecular formula is C21H20O3. The number of ether oxygens (including phenoxy) is 2. The number of benzene rings is 1. The summed E-state index contributed by atoms with van der Waals surface area (Å²) < 4.78 is 11.3. The minimum Gasteiger partial charge on any atom is -0.496 e. The van der Waals surface area contributed by atoms with Gasteiger partial charge in [0.05, 0.1) is 12.7 Å². The van der Waals surface area contributed by atoms with E-state index in [0.717, 1.165) is 36.1 Å². The molecule has 2 atom stereocenters. The van der Waals surface area contributed by atoms with Crippen LogP contribution in [0, 0.1) is 36.0 Å². The standard InChI is InChI=1S/C21H20O3/c1-4-6-14-7-10-17(18(12-14)23-3)19-20(22)15-8-9-16(13-15)21(19)24-11-5-2/h2,7,10,12,15-16H,8-9,11,13H2,1,3H3. The fourth-order valence-corrected chi connectivity index (χ4v) is 3.68. The van der Waals surface area contributed by atoms with E-state index in [1.165, 1.54) is 0 Å². The first kappa shape index (κ1) is 16.2. The maximum atomic E-state index is 13.0. The number of hydrogen-bond acceptors (Lipinski definition) is 3. The van der Waals surface area contributed by atoms with Crippen LogP contribution in [0.1, 0.15) is 37.3 Å². The second kappa shape index (κ2) is 6.85. The molecular weight excluding hydrogens is 300 g/mol. The third kappa shape index (κ3) is 2.79. The molecule has 3 nitrogen and oxygen atoms in total. The van der Waals surface area contributed by atoms with Crippen molar-refractivity contribution >= 4 is 11.4 Å². The first-order valence-electron chi connectivity index (χ1n) is 8.15. The quantitative estimate of drug-likeness (QED) is 0.797. The van der Waals surface area contributed by atoms with E-state index >= 15 is 0 Å². The summed E-state index contributed by atoms with van der Waals surface area (Å²) in [5, 5.41) is 0. The van der Waals surface area contributed by atoms with Crippen molar-refractivity contribution in [2.45, 2.75) is 26.2 Å². The smallest absolute Gasteiger partial charge is 0.170 e. The van der Waals surface area contributed by atoms with Crippen molar-refractivity contribution < 1.29 is 14.3 Å². The normalized spacial score (nSPS) is 21.8. The molecule has 2 aliphatic rings. The lowest BCUT2D eigenvalue weighted by Crippen LogP contribution is -2.23. The molecule has 2 unspecified atom stereocenters. The lowest BCUT2D eigenvalue weighted by atomic mass is 9.83. The van der Waals surface area contributed by atoms with E-state index in [0.29, 0.717) is 11.3 Å². The summed E-state index contributed by atoms with van der Waals surface area (Å²) in [4.78, 5) is 13.0. The highest BCUT2D eigenvalue weighted by atomic mass is 16.5. The van der Waals surface area contributed by atoms with Crippen LogP contribution in [0.25, 0.3) is 5.57 Å². The number of hydrogen-bond donors (Lipinski definition) is 0. The maximum Gasteiger partial charge on any atom is 0.170 e. The van der Waals surface area contributed by atoms with Gasteiger partial charge in [-0.05, 0) is 44.4 Å². The zero-order chi connectivity index (χ0) is 17.1. The summed E-state index contributed by atoms with van der Waals surface area (Å²) in [6.07, 6.45) is 8.10. The van der Waals surface area contributed by atoms with Crippen molar-refractivity contribution in [3.8, 4) is 29.9 Å². The van der Waals surface area contributed by atoms with Crippen molar-refractivity contribution in [3.63, 3.8) is 0 Å². The Morgan fingerprint density at radius 1 is 1.29 bits per heavy atom. The van der Waals surface area contributed by atoms with Gasteiger partial charge in [-0.1, -0.05) is 11.8 Å². The molecule has 2 bridgehead atoms. The summed E-state index contributed by atoms with van der Waals surface area (Å²) in [6.45, 7) is 1.96. The first-order chi connectivity index (χ1) is 11.7. The zero-order valence-corrected chi connectivity index (χ0v) is 14.0. The second-order valence-corrected chi connectivity index (χ2v) is 6.09. The van der Waals surface area contributed by atoms with E-state index in [9.17, 15) is 4.79 Å². The number of carbonyl (C=O) groups is 1. The molecule has 1 fully saturated rings. The van der Waals surface area contributed by atoms with Crippen molar-refractivity contribution in [2.75, 3.05) is 13.7 Å². The van der Waals surface area contributed by atoms with Gasteiger partial charge < -0.3 is 9.47 Å². The average Bonchev–Trinajstić information content (AvgIpc) is 3.04. The molecule has 122 valence electrons. The van der Waals surface area contributed by atoms with E-state index in [-0.39, 0.29) is 24.2 Å². The lowest BCUT2D eigenvalue weighted by molar-refractivity contribution is -0.117. The third-order valence-electron chi connectivity index (χ3n) is 4.72. The molecule has 0 saturated heterocycles. The predicted octanol–water partition coefficient (Wildman–Crippen LogP) is 3.43. The lowest BCUT2D eigenvalue weighted by Gasteiger charge is -2.26. The molecule has 1 saturated carbocycles. The topological polar surface area (TPSA) is 35.5 Å². The summed E-state index contributed by atoms with van der Waals surface area (Å²) in [6, 6.07) is 5.67. The van der Waals surface area contributed by atoms with Gasteiger partial charge in [0.15, 0.2) is 5.78 Å². The minimum absolute atomic E-state index is 0.0861. The van der Waals surface area contributed by atoms with E-state index in [4.69, 9.17) is 15.9 Å². The molecule has 0 amide bonds. The van der Waals surface area contributed by atoms with Crippen LogP contribution in [0.2, 0.25) is 0 Å². The van der Waals surface area contributed by atoms with Gasteiger partial charge in [-0.2, -0.15) is 0 Å². The molecule has 0 aromatic heterocycles. The van der Waals surface area contributed by atoms with Crippen molar-refractivity contribution in [1.82, 2.24) is 0 Å². The van der Waals surface area contributed by atoms with Gasteiger partial charge >= 0.3 is 0 Å². The molecule has 1 aromatic carbocycles. The monoisotopic (exact) mass is 320 g/mol. The average molecular weight is 320 g/mol. The van der Waals surface area contributed by atoms with Crippen LogP contribution < -0.4 is 4.74 Å². The van der Waals surface area contributed by atoms with Crippen LogP contribution >= 0.6 is 0 Å². The molecule has 2 aliphatic carbocycles. The molecule has 1 aromatic rings. The molecule has 3 heteroatoms. The van der Waals surface area contributed by atoms with Crippen LogP contribution in [0.4, 0.5) is 0 Å². The van der Waals surface area contributed by atoms with Gasteiger partial charge in [0.2, 0.25) is 0 Å². The summed E-state index contributed by atoms with van der Waals surface area (Å²) in [5.74, 6) is 10.3. The number of allylic oxidation sites excluding steroid dienone is 2. The Hall–Kier alpha value is -2.65. The molecule has 3 rings (SSSR count). The van der Waals surface area contributed by atoms with E-state index in [1.807, 2.05) is 18.2 Å². The van der Waals surface area contributed by atoms with E-state index in [1.54, 1.807) is 14.0 Å². The molecule has 0 N–H and O–H groups in total. The number of fused-ring (bicyclic) bond motifs is 2. The van der Waals surface area contributed by atoms with Gasteiger partial charge in [-0.15, -0.1) is 12.3 Å². The van der Waals surface area contributed by atoms with Gasteiger partial charge in [-0.25, -0.2) is 0 Å². The minimum atomic E-state index is 0.0861. The molecule has 0 aliphatic heterocycles. The Labute approximate surface area is 143 Å². The first-order valence-corrected chi connectivity index (χ1v) is 8.15. The number of methoxy groups -OCH3 is 1. The Balaban J connectivity index is 2.14. The number of rotatable bonds is 4. The number of Topliss-reactive ketones (excluding diaryl/α,β-unsaturated/α-hetero) is 1. The second-order valence-electron chi connectivity index (χ2n) is 6.09. The van der Waals surface area contributed by atoms with Gasteiger partial charge in [0.25, 0.3) is 0 Å². The van der Waals surface area contributed by atoms with E-state index < -0.39 is 0 Å². The fourth-order valence-electron chi connectivity index (χ4n) is 3.68. The Morgan fingerprint density at radius 3 is 2.79 bits per heavy atom. The van der Waals surface area contributed by atoms with Gasteiger partial charge in [0.1, 0.15) is 18.1 Å². The Kier molecular flexibility index (Phi) is 4.63. The fraction of sp³-hybridized carbons (Fsp3) is 0.381. The van der Waals surface area contributed by atoms with Crippen LogP contribution in [0.5, 0.6) is 5.75 Å². The highest BCUT2D eigenvalue weighted by Crippen LogP contribution is 2.48. The van der Waals surface area contributed by atoms with Crippen LogP contribution in [-0.2, 0) is 9.53 Å². The van der Waals surface area contributed by atoms with Crippen molar-refractivity contribution in [1.29, 1.82) is 0 Å². The molecule has 0 heterocycles. The summed E-state index contributed by atoms with van der Waals surface area (Å²) in [5.41, 5.74) is 2.26. The van der Waals surface area contributed by atoms with Crippen molar-refractivity contribution in [2.24, 2.45) is 11.8 Å². The molecule has 0 spiro atoms. The van der Waals surface area contributed by atoms with Crippen LogP contribution in [0.15, 0.2) is 24.0 Å². The largest absolute Gasteiger partial charge is 0.496 e. The van der Waals surface area contributed by atoms with Gasteiger partial charge in [-0.3, -0.25) is 4.79 Å². The molecule has 0 radical (unpaired) electrons. The van der Waals surface area contributed by atoms with E-state index in [2.05, 4.69) is 17.8 Å². The number of carbonyl (C=O) groups excluding carboxylic acids is 1. The van der Waals surface area contributed by atoms with Crippen LogP contribution in [-0.4, -0.2) is 19.5 Å². The highest BCUT2D eigenvalue weighted by molar-refractivity contribution is 6.24. The Morgan fingerprint density at radius 2 is 2.08 bits per heavy atom. The maximum absolute atomic E-state index is 13.0. The number of ketones is 1. The van der Waals surface area contributed by atoms with Crippen molar-refractivity contribution in [3.05, 3.63) is 35.1 Å².